The number of guanidine groups is 1. The maximum atomic E-state index is 12.2. The van der Waals surface area contributed by atoms with E-state index in [0.29, 0.717) is 17.8 Å². The first-order chi connectivity index (χ1) is 11.1. The van der Waals surface area contributed by atoms with Gasteiger partial charge in [0.1, 0.15) is 0 Å². The molecular weight excluding hydrogens is 472 g/mol. The van der Waals surface area contributed by atoms with Gasteiger partial charge >= 0.3 is 6.18 Å². The van der Waals surface area contributed by atoms with Gasteiger partial charge in [0, 0.05) is 13.1 Å². The minimum absolute atomic E-state index is 0. The molecule has 0 amide bonds. The van der Waals surface area contributed by atoms with Gasteiger partial charge in [-0.1, -0.05) is 18.2 Å². The van der Waals surface area contributed by atoms with Crippen LogP contribution >= 0.6 is 24.0 Å². The van der Waals surface area contributed by atoms with Crippen molar-refractivity contribution in [1.29, 1.82) is 0 Å². The number of anilines is 1. The third kappa shape index (κ3) is 11.1. The van der Waals surface area contributed by atoms with E-state index in [1.165, 1.54) is 0 Å². The Kier molecular flexibility index (Phi) is 10.2. The lowest BCUT2D eigenvalue weighted by atomic mass is 10.2. The molecule has 6 nitrogen and oxygen atoms in total. The molecule has 0 heterocycles. The number of hydrogen-bond acceptors (Lipinski definition) is 3. The smallest absolute Gasteiger partial charge is 0.357 e. The lowest BCUT2D eigenvalue weighted by molar-refractivity contribution is -0.132. The minimum Gasteiger partial charge on any atom is -0.357 e. The Morgan fingerprint density at radius 1 is 1.20 bits per heavy atom. The summed E-state index contributed by atoms with van der Waals surface area (Å²) in [6, 6.07) is 6.68. The number of benzene rings is 1. The standard InChI is InChI=1S/C14H21F3N4O2S.HI/c1-3-18-13(19-9-8-14(15,16)17)20-10-11-6-4-5-7-12(11)21-24(2,22)23;/h4-7,21H,3,8-10H2,1-2H3,(H2,18,19,20);1H. The fourth-order valence-corrected chi connectivity index (χ4v) is 2.38. The van der Waals surface area contributed by atoms with E-state index in [1.807, 2.05) is 0 Å². The van der Waals surface area contributed by atoms with E-state index >= 15 is 0 Å². The van der Waals surface area contributed by atoms with Crippen molar-refractivity contribution in [3.63, 3.8) is 0 Å². The van der Waals surface area contributed by atoms with E-state index in [4.69, 9.17) is 0 Å². The minimum atomic E-state index is -4.24. The zero-order chi connectivity index (χ0) is 18.2. The zero-order valence-electron chi connectivity index (χ0n) is 13.9. The summed E-state index contributed by atoms with van der Waals surface area (Å²) in [4.78, 5) is 4.19. The van der Waals surface area contributed by atoms with Gasteiger partial charge in [0.2, 0.25) is 10.0 Å². The van der Waals surface area contributed by atoms with Gasteiger partial charge in [0.05, 0.1) is 24.9 Å². The van der Waals surface area contributed by atoms with Gasteiger partial charge in [0.15, 0.2) is 5.96 Å². The number of nitrogens with one attached hydrogen (secondary N) is 3. The Bertz CT molecular complexity index is 666. The average molecular weight is 494 g/mol. The average Bonchev–Trinajstić information content (AvgIpc) is 2.43. The maximum absolute atomic E-state index is 12.2. The summed E-state index contributed by atoms with van der Waals surface area (Å²) in [5.41, 5.74) is 0.992. The zero-order valence-corrected chi connectivity index (χ0v) is 17.0. The Morgan fingerprint density at radius 3 is 2.40 bits per heavy atom. The normalized spacial score (nSPS) is 12.3. The number of rotatable bonds is 7. The fourth-order valence-electron chi connectivity index (χ4n) is 1.79. The molecule has 0 spiro atoms. The van der Waals surface area contributed by atoms with Crippen molar-refractivity contribution in [2.45, 2.75) is 26.1 Å². The molecule has 0 aromatic heterocycles. The Hall–Kier alpha value is -1.24. The van der Waals surface area contributed by atoms with Crippen LogP contribution in [0.1, 0.15) is 18.9 Å². The molecule has 0 aliphatic heterocycles. The molecule has 11 heteroatoms. The van der Waals surface area contributed by atoms with Gasteiger partial charge < -0.3 is 10.6 Å². The lowest BCUT2D eigenvalue weighted by Crippen LogP contribution is -2.38. The van der Waals surface area contributed by atoms with E-state index in [0.717, 1.165) is 6.26 Å². The lowest BCUT2D eigenvalue weighted by Gasteiger charge is -2.13. The molecule has 0 bridgehead atoms. The molecule has 1 aromatic carbocycles. The van der Waals surface area contributed by atoms with Crippen LogP contribution in [-0.2, 0) is 16.6 Å². The van der Waals surface area contributed by atoms with Gasteiger partial charge in [-0.15, -0.1) is 24.0 Å². The summed E-state index contributed by atoms with van der Waals surface area (Å²) in [6.45, 7) is 2.10. The molecule has 0 radical (unpaired) electrons. The molecule has 3 N–H and O–H groups in total. The molecule has 0 saturated carbocycles. The van der Waals surface area contributed by atoms with Crippen LogP contribution in [0.5, 0.6) is 0 Å². The van der Waals surface area contributed by atoms with Crippen molar-refractivity contribution >= 4 is 45.6 Å². The Morgan fingerprint density at radius 2 is 1.84 bits per heavy atom. The van der Waals surface area contributed by atoms with E-state index in [1.54, 1.807) is 31.2 Å². The molecule has 0 aliphatic carbocycles. The number of para-hydroxylation sites is 1. The van der Waals surface area contributed by atoms with Crippen molar-refractivity contribution < 1.29 is 21.6 Å². The van der Waals surface area contributed by atoms with E-state index in [-0.39, 0.29) is 43.0 Å². The highest BCUT2D eigenvalue weighted by molar-refractivity contribution is 14.0. The third-order valence-corrected chi connectivity index (χ3v) is 3.36. The maximum Gasteiger partial charge on any atom is 0.390 e. The van der Waals surface area contributed by atoms with Crippen LogP contribution in [0.3, 0.4) is 0 Å². The molecule has 0 fully saturated rings. The van der Waals surface area contributed by atoms with Crippen molar-refractivity contribution in [2.24, 2.45) is 4.99 Å². The van der Waals surface area contributed by atoms with Crippen LogP contribution in [0.4, 0.5) is 18.9 Å². The topological polar surface area (TPSA) is 82.6 Å². The number of halogens is 4. The van der Waals surface area contributed by atoms with E-state index < -0.39 is 22.6 Å². The number of hydrogen-bond donors (Lipinski definition) is 3. The second-order valence-electron chi connectivity index (χ2n) is 5.02. The van der Waals surface area contributed by atoms with Gasteiger partial charge in [-0.3, -0.25) is 4.72 Å². The molecule has 25 heavy (non-hydrogen) atoms. The summed E-state index contributed by atoms with van der Waals surface area (Å²) >= 11 is 0. The molecule has 1 aromatic rings. The van der Waals surface area contributed by atoms with E-state index in [2.05, 4.69) is 20.3 Å². The third-order valence-electron chi connectivity index (χ3n) is 2.77. The summed E-state index contributed by atoms with van der Waals surface area (Å²) in [5.74, 6) is 0.232. The van der Waals surface area contributed by atoms with Crippen LogP contribution in [0.2, 0.25) is 0 Å². The first-order valence-electron chi connectivity index (χ1n) is 7.25. The molecule has 1 rings (SSSR count). The molecular formula is C14H22F3IN4O2S. The summed E-state index contributed by atoms with van der Waals surface area (Å²) in [5, 5.41) is 5.44. The number of sulfonamides is 1. The van der Waals surface area contributed by atoms with Crippen LogP contribution < -0.4 is 15.4 Å². The summed E-state index contributed by atoms with van der Waals surface area (Å²) in [6.07, 6.45) is -4.17. The van der Waals surface area contributed by atoms with Crippen LogP contribution in [0, 0.1) is 0 Å². The monoisotopic (exact) mass is 494 g/mol. The van der Waals surface area contributed by atoms with Crippen molar-refractivity contribution in [1.82, 2.24) is 10.6 Å². The first-order valence-corrected chi connectivity index (χ1v) is 9.14. The fraction of sp³-hybridized carbons (Fsp3) is 0.500. The summed E-state index contributed by atoms with van der Waals surface area (Å²) in [7, 11) is -3.43. The van der Waals surface area contributed by atoms with Crippen LogP contribution in [0.15, 0.2) is 29.3 Å². The van der Waals surface area contributed by atoms with Crippen molar-refractivity contribution in [3.8, 4) is 0 Å². The highest BCUT2D eigenvalue weighted by atomic mass is 127. The predicted octanol–water partition coefficient (Wildman–Crippen LogP) is 2.68. The number of aliphatic imine (C=N–C) groups is 1. The van der Waals surface area contributed by atoms with Gasteiger partial charge in [-0.05, 0) is 18.6 Å². The number of nitrogens with zero attached hydrogens (tertiary/aromatic N) is 1. The Balaban J connectivity index is 0.00000576. The molecule has 144 valence electrons. The molecule has 0 atom stereocenters. The number of alkyl halides is 3. The Labute approximate surface area is 162 Å². The second kappa shape index (κ2) is 10.7. The molecule has 0 aliphatic rings. The van der Waals surface area contributed by atoms with Gasteiger partial charge in [-0.2, -0.15) is 13.2 Å². The highest BCUT2D eigenvalue weighted by Crippen LogP contribution is 2.18. The predicted molar refractivity (Wildman–Crippen MR) is 104 cm³/mol. The van der Waals surface area contributed by atoms with Gasteiger partial charge in [0.25, 0.3) is 0 Å². The van der Waals surface area contributed by atoms with Crippen molar-refractivity contribution in [2.75, 3.05) is 24.1 Å². The molecule has 0 unspecified atom stereocenters. The first kappa shape index (κ1) is 23.8. The summed E-state index contributed by atoms with van der Waals surface area (Å²) < 4.78 is 61.6. The molecule has 0 saturated heterocycles. The van der Waals surface area contributed by atoms with Gasteiger partial charge in [-0.25, -0.2) is 13.4 Å². The quantitative estimate of drug-likeness (QED) is 0.310. The van der Waals surface area contributed by atoms with Crippen LogP contribution in [-0.4, -0.2) is 39.9 Å². The van der Waals surface area contributed by atoms with E-state index in [9.17, 15) is 21.6 Å². The van der Waals surface area contributed by atoms with Crippen LogP contribution in [0.25, 0.3) is 0 Å². The van der Waals surface area contributed by atoms with Crippen molar-refractivity contribution in [3.05, 3.63) is 29.8 Å². The largest absolute Gasteiger partial charge is 0.390 e. The second-order valence-corrected chi connectivity index (χ2v) is 6.77. The highest BCUT2D eigenvalue weighted by Gasteiger charge is 2.26. The SMILES string of the molecule is CCNC(=NCc1ccccc1NS(C)(=O)=O)NCCC(F)(F)F.I.